The fourth-order valence-electron chi connectivity index (χ4n) is 1.36. The Balaban J connectivity index is 2.73. The largest absolute Gasteiger partial charge is 0.398 e. The topological polar surface area (TPSA) is 38.4 Å². The average molecular weight is 225 g/mol. The van der Waals surface area contributed by atoms with Gasteiger partial charge in [-0.3, -0.25) is 4.99 Å². The highest BCUT2D eigenvalue weighted by Crippen LogP contribution is 2.30. The van der Waals surface area contributed by atoms with Crippen LogP contribution >= 0.6 is 15.9 Å². The van der Waals surface area contributed by atoms with E-state index in [1.54, 1.807) is 0 Å². The van der Waals surface area contributed by atoms with Crippen molar-refractivity contribution >= 4 is 27.8 Å². The second-order valence-electron chi connectivity index (χ2n) is 2.94. The highest BCUT2D eigenvalue weighted by atomic mass is 79.9. The molecule has 0 bridgehead atoms. The van der Waals surface area contributed by atoms with Crippen molar-refractivity contribution in [2.75, 3.05) is 5.73 Å². The third kappa shape index (κ3) is 0.966. The van der Waals surface area contributed by atoms with Crippen LogP contribution in [0.4, 0.5) is 5.69 Å². The molecule has 62 valence electrons. The molecule has 0 saturated heterocycles. The van der Waals surface area contributed by atoms with E-state index in [1.165, 1.54) is 5.56 Å². The van der Waals surface area contributed by atoms with E-state index in [9.17, 15) is 0 Å². The number of aliphatic imine (C=N–C) groups is 1. The van der Waals surface area contributed by atoms with E-state index in [2.05, 4.69) is 27.0 Å². The van der Waals surface area contributed by atoms with Gasteiger partial charge in [0.1, 0.15) is 0 Å². The van der Waals surface area contributed by atoms with Crippen LogP contribution in [0.2, 0.25) is 0 Å². The lowest BCUT2D eigenvalue weighted by molar-refractivity contribution is 1.11. The molecule has 0 amide bonds. The molecule has 1 heterocycles. The number of fused-ring (bicyclic) bond motifs is 1. The van der Waals surface area contributed by atoms with Crippen molar-refractivity contribution in [1.29, 1.82) is 0 Å². The first-order chi connectivity index (χ1) is 5.70. The second kappa shape index (κ2) is 2.59. The van der Waals surface area contributed by atoms with E-state index in [4.69, 9.17) is 5.73 Å². The number of hydrogen-bond acceptors (Lipinski definition) is 2. The summed E-state index contributed by atoms with van der Waals surface area (Å²) in [5.41, 5.74) is 10.2. The van der Waals surface area contributed by atoms with Gasteiger partial charge in [-0.2, -0.15) is 0 Å². The molecule has 2 N–H and O–H groups in total. The van der Waals surface area contributed by atoms with Crippen molar-refractivity contribution in [3.8, 4) is 0 Å². The van der Waals surface area contributed by atoms with Crippen molar-refractivity contribution in [2.24, 2.45) is 4.99 Å². The van der Waals surface area contributed by atoms with Gasteiger partial charge in [0.2, 0.25) is 0 Å². The fraction of sp³-hybridized carbons (Fsp3) is 0.222. The molecule has 0 atom stereocenters. The Morgan fingerprint density at radius 2 is 2.33 bits per heavy atom. The molecule has 0 aromatic heterocycles. The van der Waals surface area contributed by atoms with E-state index in [1.807, 2.05) is 13.1 Å². The van der Waals surface area contributed by atoms with Gasteiger partial charge in [-0.05, 0) is 24.1 Å². The van der Waals surface area contributed by atoms with Crippen LogP contribution in [-0.4, -0.2) is 6.21 Å². The first-order valence-corrected chi connectivity index (χ1v) is 4.56. The molecule has 1 aromatic rings. The minimum absolute atomic E-state index is 0.762. The monoisotopic (exact) mass is 224 g/mol. The van der Waals surface area contributed by atoms with Crippen molar-refractivity contribution in [3.05, 3.63) is 27.2 Å². The second-order valence-corrected chi connectivity index (χ2v) is 3.79. The summed E-state index contributed by atoms with van der Waals surface area (Å²) in [6, 6.07) is 2.09. The summed E-state index contributed by atoms with van der Waals surface area (Å²) in [6.45, 7) is 2.77. The molecule has 2 nitrogen and oxygen atoms in total. The molecule has 1 aliphatic heterocycles. The molecule has 0 saturated carbocycles. The first kappa shape index (κ1) is 7.80. The minimum Gasteiger partial charge on any atom is -0.398 e. The third-order valence-corrected chi connectivity index (χ3v) is 3.01. The predicted molar refractivity (Wildman–Crippen MR) is 54.6 cm³/mol. The standard InChI is InChI=1S/C9H9BrN2/c1-5-8(10)2-6-3-12-4-7(6)9(5)11/h2,4H,3,11H2,1H3. The van der Waals surface area contributed by atoms with Gasteiger partial charge < -0.3 is 5.73 Å². The molecule has 1 aromatic carbocycles. The lowest BCUT2D eigenvalue weighted by Gasteiger charge is -2.07. The molecule has 0 spiro atoms. The molecule has 0 unspecified atom stereocenters. The van der Waals surface area contributed by atoms with E-state index >= 15 is 0 Å². The van der Waals surface area contributed by atoms with Crippen LogP contribution in [0.3, 0.4) is 0 Å². The van der Waals surface area contributed by atoms with Crippen LogP contribution in [0.1, 0.15) is 16.7 Å². The summed E-state index contributed by atoms with van der Waals surface area (Å²) < 4.78 is 1.07. The zero-order chi connectivity index (χ0) is 8.72. The zero-order valence-corrected chi connectivity index (χ0v) is 8.35. The third-order valence-electron chi connectivity index (χ3n) is 2.18. The molecule has 2 rings (SSSR count). The van der Waals surface area contributed by atoms with Crippen molar-refractivity contribution < 1.29 is 0 Å². The Labute approximate surface area is 79.6 Å². The van der Waals surface area contributed by atoms with Crippen LogP contribution < -0.4 is 5.73 Å². The maximum absolute atomic E-state index is 5.91. The molecular weight excluding hydrogens is 216 g/mol. The summed E-state index contributed by atoms with van der Waals surface area (Å²) in [6.07, 6.45) is 1.85. The Morgan fingerprint density at radius 3 is 3.08 bits per heavy atom. The summed E-state index contributed by atoms with van der Waals surface area (Å²) in [4.78, 5) is 4.17. The van der Waals surface area contributed by atoms with Crippen LogP contribution in [0.15, 0.2) is 15.5 Å². The highest BCUT2D eigenvalue weighted by molar-refractivity contribution is 9.10. The Kier molecular flexibility index (Phi) is 1.68. The Morgan fingerprint density at radius 1 is 1.58 bits per heavy atom. The number of anilines is 1. The molecule has 0 aliphatic carbocycles. The number of rotatable bonds is 0. The summed E-state index contributed by atoms with van der Waals surface area (Å²) in [5.74, 6) is 0. The molecule has 1 aliphatic rings. The molecule has 12 heavy (non-hydrogen) atoms. The van der Waals surface area contributed by atoms with Gasteiger partial charge in [-0.25, -0.2) is 0 Å². The van der Waals surface area contributed by atoms with Crippen LogP contribution in [0.25, 0.3) is 0 Å². The van der Waals surface area contributed by atoms with Gasteiger partial charge in [0, 0.05) is 21.9 Å². The number of benzene rings is 1. The average Bonchev–Trinajstić information content (AvgIpc) is 2.48. The quantitative estimate of drug-likeness (QED) is 0.675. The van der Waals surface area contributed by atoms with Crippen molar-refractivity contribution in [3.63, 3.8) is 0 Å². The van der Waals surface area contributed by atoms with Crippen molar-refractivity contribution in [1.82, 2.24) is 0 Å². The Bertz CT molecular complexity index is 369. The summed E-state index contributed by atoms with van der Waals surface area (Å²) in [5, 5.41) is 0. The van der Waals surface area contributed by atoms with Crippen molar-refractivity contribution in [2.45, 2.75) is 13.5 Å². The maximum atomic E-state index is 5.91. The summed E-state index contributed by atoms with van der Waals surface area (Å²) >= 11 is 3.46. The molecule has 0 fully saturated rings. The number of nitrogen functional groups attached to an aromatic ring is 1. The van der Waals surface area contributed by atoms with E-state index < -0.39 is 0 Å². The highest BCUT2D eigenvalue weighted by Gasteiger charge is 2.13. The van der Waals surface area contributed by atoms with Gasteiger partial charge in [0.05, 0.1) is 6.54 Å². The molecule has 3 heteroatoms. The SMILES string of the molecule is Cc1c(Br)cc2c(c1N)C=NC2. The molecular formula is C9H9BrN2. The van der Waals surface area contributed by atoms with Gasteiger partial charge in [0.15, 0.2) is 0 Å². The fourth-order valence-corrected chi connectivity index (χ4v) is 1.85. The van der Waals surface area contributed by atoms with Crippen LogP contribution in [0.5, 0.6) is 0 Å². The van der Waals surface area contributed by atoms with Gasteiger partial charge in [-0.1, -0.05) is 15.9 Å². The lowest BCUT2D eigenvalue weighted by Crippen LogP contribution is -1.98. The van der Waals surface area contributed by atoms with Gasteiger partial charge in [-0.15, -0.1) is 0 Å². The van der Waals surface area contributed by atoms with Gasteiger partial charge >= 0.3 is 0 Å². The number of nitrogens with zero attached hydrogens (tertiary/aromatic N) is 1. The summed E-state index contributed by atoms with van der Waals surface area (Å²) in [7, 11) is 0. The van der Waals surface area contributed by atoms with Crippen LogP contribution in [0, 0.1) is 6.92 Å². The van der Waals surface area contributed by atoms with E-state index in [0.29, 0.717) is 0 Å². The number of nitrogens with two attached hydrogens (primary N) is 1. The maximum Gasteiger partial charge on any atom is 0.0647 e. The molecule has 0 radical (unpaired) electrons. The van der Waals surface area contributed by atoms with Crippen LogP contribution in [-0.2, 0) is 6.54 Å². The van der Waals surface area contributed by atoms with Gasteiger partial charge in [0.25, 0.3) is 0 Å². The predicted octanol–water partition coefficient (Wildman–Crippen LogP) is 2.27. The smallest absolute Gasteiger partial charge is 0.0647 e. The lowest BCUT2D eigenvalue weighted by atomic mass is 10.0. The normalized spacial score (nSPS) is 13.5. The zero-order valence-electron chi connectivity index (χ0n) is 6.76. The number of hydrogen-bond donors (Lipinski definition) is 1. The first-order valence-electron chi connectivity index (χ1n) is 3.77. The minimum atomic E-state index is 0.762. The van der Waals surface area contributed by atoms with E-state index in [-0.39, 0.29) is 0 Å². The Hall–Kier alpha value is -0.830. The number of halogens is 1. The van der Waals surface area contributed by atoms with E-state index in [0.717, 1.165) is 27.8 Å².